The molecule has 2 aromatic rings. The Balaban J connectivity index is 2.10. The lowest BCUT2D eigenvalue weighted by atomic mass is 10.2. The predicted molar refractivity (Wildman–Crippen MR) is 86.3 cm³/mol. The fourth-order valence-electron chi connectivity index (χ4n) is 1.79. The van der Waals surface area contributed by atoms with E-state index >= 15 is 0 Å². The van der Waals surface area contributed by atoms with Crippen LogP contribution in [-0.2, 0) is 4.79 Å². The van der Waals surface area contributed by atoms with Gasteiger partial charge >= 0.3 is 0 Å². The molecule has 1 aromatic heterocycles. The van der Waals surface area contributed by atoms with Gasteiger partial charge in [-0.1, -0.05) is 0 Å². The Morgan fingerprint density at radius 1 is 1.19 bits per heavy atom. The van der Waals surface area contributed by atoms with Gasteiger partial charge in [-0.25, -0.2) is 0 Å². The van der Waals surface area contributed by atoms with Gasteiger partial charge in [-0.15, -0.1) is 11.3 Å². The summed E-state index contributed by atoms with van der Waals surface area (Å²) in [6.07, 6.45) is 3.30. The summed E-state index contributed by atoms with van der Waals surface area (Å²) in [4.78, 5) is 14.2. The molecule has 0 aliphatic heterocycles. The second kappa shape index (κ2) is 6.95. The van der Waals surface area contributed by atoms with Gasteiger partial charge in [-0.2, -0.15) is 0 Å². The van der Waals surface area contributed by atoms with E-state index in [9.17, 15) is 4.79 Å². The Morgan fingerprint density at radius 3 is 2.62 bits per heavy atom. The van der Waals surface area contributed by atoms with Crippen molar-refractivity contribution in [2.45, 2.75) is 6.92 Å². The molecule has 1 aromatic carbocycles. The van der Waals surface area contributed by atoms with E-state index < -0.39 is 0 Å². The van der Waals surface area contributed by atoms with Gasteiger partial charge in [0.2, 0.25) is 5.91 Å². The van der Waals surface area contributed by atoms with Crippen LogP contribution in [0, 0.1) is 6.92 Å². The maximum absolute atomic E-state index is 12.0. The molecule has 1 N–H and O–H groups in total. The lowest BCUT2D eigenvalue weighted by Gasteiger charge is -2.10. The van der Waals surface area contributed by atoms with Gasteiger partial charge in [0.25, 0.3) is 0 Å². The largest absolute Gasteiger partial charge is 0.497 e. The van der Waals surface area contributed by atoms with Crippen molar-refractivity contribution in [3.05, 3.63) is 46.2 Å². The second-order valence-electron chi connectivity index (χ2n) is 4.34. The van der Waals surface area contributed by atoms with Gasteiger partial charge in [0, 0.05) is 21.9 Å². The third-order valence-electron chi connectivity index (χ3n) is 2.82. The van der Waals surface area contributed by atoms with Crippen molar-refractivity contribution in [2.75, 3.05) is 19.5 Å². The Kier molecular flexibility index (Phi) is 5.00. The Bertz CT molecular complexity index is 661. The molecule has 0 atom stereocenters. The van der Waals surface area contributed by atoms with Crippen LogP contribution in [0.4, 0.5) is 5.69 Å². The summed E-state index contributed by atoms with van der Waals surface area (Å²) in [6.45, 7) is 2.03. The van der Waals surface area contributed by atoms with Crippen LogP contribution >= 0.6 is 11.3 Å². The average molecular weight is 303 g/mol. The number of hydrogen-bond donors (Lipinski definition) is 1. The highest BCUT2D eigenvalue weighted by atomic mass is 32.1. The smallest absolute Gasteiger partial charge is 0.248 e. The third-order valence-corrected chi connectivity index (χ3v) is 3.79. The first-order valence-electron chi connectivity index (χ1n) is 6.40. The minimum Gasteiger partial charge on any atom is -0.497 e. The highest BCUT2D eigenvalue weighted by Gasteiger charge is 2.07. The summed E-state index contributed by atoms with van der Waals surface area (Å²) in [5.74, 6) is 1.03. The number of aryl methyl sites for hydroxylation is 1. The van der Waals surface area contributed by atoms with Crippen molar-refractivity contribution in [2.24, 2.45) is 0 Å². The highest BCUT2D eigenvalue weighted by molar-refractivity contribution is 7.12. The second-order valence-corrected chi connectivity index (χ2v) is 5.66. The van der Waals surface area contributed by atoms with Crippen molar-refractivity contribution in [1.82, 2.24) is 0 Å². The molecular weight excluding hydrogens is 286 g/mol. The molecule has 0 radical (unpaired) electrons. The molecule has 1 amide bonds. The number of nitrogens with one attached hydrogen (secondary N) is 1. The summed E-state index contributed by atoms with van der Waals surface area (Å²) in [7, 11) is 3.13. The van der Waals surface area contributed by atoms with E-state index in [2.05, 4.69) is 5.32 Å². The SMILES string of the molecule is COc1ccc(OC)c(NC(=O)/C=C/c2ccc(C)s2)c1. The molecule has 5 heteroatoms. The molecule has 0 bridgehead atoms. The number of hydrogen-bond acceptors (Lipinski definition) is 4. The molecular formula is C16H17NO3S. The van der Waals surface area contributed by atoms with Crippen molar-refractivity contribution >= 4 is 29.0 Å². The highest BCUT2D eigenvalue weighted by Crippen LogP contribution is 2.28. The van der Waals surface area contributed by atoms with Crippen LogP contribution in [0.15, 0.2) is 36.4 Å². The molecule has 21 heavy (non-hydrogen) atoms. The van der Waals surface area contributed by atoms with E-state index in [4.69, 9.17) is 9.47 Å². The van der Waals surface area contributed by atoms with Crippen LogP contribution in [0.5, 0.6) is 11.5 Å². The van der Waals surface area contributed by atoms with Gasteiger partial charge in [-0.05, 0) is 37.3 Å². The van der Waals surface area contributed by atoms with Crippen LogP contribution in [-0.4, -0.2) is 20.1 Å². The summed E-state index contributed by atoms with van der Waals surface area (Å²) in [5.41, 5.74) is 0.578. The summed E-state index contributed by atoms with van der Waals surface area (Å²) >= 11 is 1.64. The minimum atomic E-state index is -0.215. The van der Waals surface area contributed by atoms with Crippen molar-refractivity contribution in [3.63, 3.8) is 0 Å². The van der Waals surface area contributed by atoms with E-state index in [-0.39, 0.29) is 5.91 Å². The lowest BCUT2D eigenvalue weighted by molar-refractivity contribution is -0.111. The van der Waals surface area contributed by atoms with E-state index in [1.54, 1.807) is 49.8 Å². The Labute approximate surface area is 128 Å². The van der Waals surface area contributed by atoms with E-state index in [1.165, 1.54) is 11.0 Å². The van der Waals surface area contributed by atoms with E-state index in [1.807, 2.05) is 19.1 Å². The Morgan fingerprint density at radius 2 is 2.00 bits per heavy atom. The van der Waals surface area contributed by atoms with Crippen LogP contribution in [0.1, 0.15) is 9.75 Å². The van der Waals surface area contributed by atoms with E-state index in [0.29, 0.717) is 17.2 Å². The van der Waals surface area contributed by atoms with Crippen LogP contribution in [0.2, 0.25) is 0 Å². The molecule has 0 spiro atoms. The van der Waals surface area contributed by atoms with Crippen LogP contribution in [0.3, 0.4) is 0 Å². The van der Waals surface area contributed by atoms with Gasteiger partial charge < -0.3 is 14.8 Å². The standard InChI is InChI=1S/C16H17NO3S/c1-11-4-6-13(21-11)7-9-16(18)17-14-10-12(19-2)5-8-15(14)20-3/h4-10H,1-3H3,(H,17,18)/b9-7+. The number of ether oxygens (including phenoxy) is 2. The first-order chi connectivity index (χ1) is 10.1. The molecule has 110 valence electrons. The maximum atomic E-state index is 12.0. The monoisotopic (exact) mass is 303 g/mol. The maximum Gasteiger partial charge on any atom is 0.248 e. The third kappa shape index (κ3) is 4.10. The van der Waals surface area contributed by atoms with Crippen LogP contribution in [0.25, 0.3) is 6.08 Å². The van der Waals surface area contributed by atoms with Gasteiger partial charge in [-0.3, -0.25) is 4.79 Å². The molecule has 0 saturated heterocycles. The fourth-order valence-corrected chi connectivity index (χ4v) is 2.57. The number of anilines is 1. The first kappa shape index (κ1) is 15.1. The first-order valence-corrected chi connectivity index (χ1v) is 7.21. The van der Waals surface area contributed by atoms with Gasteiger partial charge in [0.15, 0.2) is 0 Å². The molecule has 0 saturated carbocycles. The summed E-state index contributed by atoms with van der Waals surface area (Å²) in [5, 5.41) is 2.79. The summed E-state index contributed by atoms with van der Waals surface area (Å²) < 4.78 is 10.4. The lowest BCUT2D eigenvalue weighted by Crippen LogP contribution is -2.09. The molecule has 1 heterocycles. The number of rotatable bonds is 5. The van der Waals surface area contributed by atoms with Crippen molar-refractivity contribution in [1.29, 1.82) is 0 Å². The van der Waals surface area contributed by atoms with Gasteiger partial charge in [0.05, 0.1) is 19.9 Å². The molecule has 2 rings (SSSR count). The van der Waals surface area contributed by atoms with Crippen molar-refractivity contribution in [3.8, 4) is 11.5 Å². The minimum absolute atomic E-state index is 0.215. The number of amides is 1. The molecule has 0 fully saturated rings. The quantitative estimate of drug-likeness (QED) is 0.856. The molecule has 0 unspecified atom stereocenters. The zero-order valence-corrected chi connectivity index (χ0v) is 13.0. The number of methoxy groups -OCH3 is 2. The van der Waals surface area contributed by atoms with Crippen molar-refractivity contribution < 1.29 is 14.3 Å². The summed E-state index contributed by atoms with van der Waals surface area (Å²) in [6, 6.07) is 9.25. The van der Waals surface area contributed by atoms with Crippen LogP contribution < -0.4 is 14.8 Å². The number of carbonyl (C=O) groups is 1. The normalized spacial score (nSPS) is 10.6. The number of carbonyl (C=O) groups excluding carboxylic acids is 1. The predicted octanol–water partition coefficient (Wildman–Crippen LogP) is 3.73. The number of benzene rings is 1. The van der Waals surface area contributed by atoms with Gasteiger partial charge in [0.1, 0.15) is 11.5 Å². The Hall–Kier alpha value is -2.27. The number of thiophene rings is 1. The molecule has 4 nitrogen and oxygen atoms in total. The topological polar surface area (TPSA) is 47.6 Å². The zero-order valence-electron chi connectivity index (χ0n) is 12.2. The zero-order chi connectivity index (χ0) is 15.2. The molecule has 0 aliphatic rings. The molecule has 0 aliphatic carbocycles. The average Bonchev–Trinajstić information content (AvgIpc) is 2.90. The van der Waals surface area contributed by atoms with E-state index in [0.717, 1.165) is 4.88 Å². The fraction of sp³-hybridized carbons (Fsp3) is 0.188.